The Bertz CT molecular complexity index is 676. The van der Waals surface area contributed by atoms with E-state index in [1.165, 1.54) is 15.9 Å². The Morgan fingerprint density at radius 3 is 1.33 bits per heavy atom. The van der Waals surface area contributed by atoms with Crippen molar-refractivity contribution in [2.45, 2.75) is 0 Å². The molecular weight excluding hydrogens is 394 g/mol. The van der Waals surface area contributed by atoms with E-state index in [4.69, 9.17) is 0 Å². The van der Waals surface area contributed by atoms with Crippen LogP contribution in [0.15, 0.2) is 104 Å². The molecule has 0 aliphatic heterocycles. The first-order valence-electron chi connectivity index (χ1n) is 8.01. The van der Waals surface area contributed by atoms with Crippen molar-refractivity contribution in [1.29, 1.82) is 0 Å². The quantitative estimate of drug-likeness (QED) is 0.363. The fraction of sp³-hybridized carbons (Fsp3) is 0.0476. The van der Waals surface area contributed by atoms with Crippen molar-refractivity contribution in [2.24, 2.45) is 0 Å². The molecule has 1 atom stereocenters. The predicted octanol–water partition coefficient (Wildman–Crippen LogP) is 5.61. The molecule has 0 aliphatic rings. The molecule has 0 radical (unpaired) electrons. The van der Waals surface area contributed by atoms with Gasteiger partial charge in [0.15, 0.2) is 0 Å². The predicted molar refractivity (Wildman–Crippen MR) is 117 cm³/mol. The molecule has 0 bridgehead atoms. The number of benzene rings is 3. The third-order valence-corrected chi connectivity index (χ3v) is 19.8. The minimum absolute atomic E-state index is 0.424. The zero-order valence-electron chi connectivity index (χ0n) is 13.5. The number of allylic oxidation sites excluding steroid dienone is 1. The van der Waals surface area contributed by atoms with Gasteiger partial charge in [0, 0.05) is 0 Å². The SMILES string of the molecule is C=CCP(Br)[PH](c1ccccc1)(c1ccccc1)c1ccccc1. The summed E-state index contributed by atoms with van der Waals surface area (Å²) in [5.41, 5.74) is 0. The molecule has 0 heterocycles. The summed E-state index contributed by atoms with van der Waals surface area (Å²) in [5, 5.41) is 4.35. The average molecular weight is 415 g/mol. The van der Waals surface area contributed by atoms with Crippen LogP contribution in [0.5, 0.6) is 0 Å². The van der Waals surface area contributed by atoms with E-state index in [-0.39, 0.29) is 0 Å². The van der Waals surface area contributed by atoms with Gasteiger partial charge in [-0.05, 0) is 0 Å². The van der Waals surface area contributed by atoms with Crippen LogP contribution in [0, 0.1) is 0 Å². The summed E-state index contributed by atoms with van der Waals surface area (Å²) >= 11 is 4.13. The second kappa shape index (κ2) is 8.21. The Hall–Kier alpha value is -1.26. The third-order valence-electron chi connectivity index (χ3n) is 4.23. The van der Waals surface area contributed by atoms with Crippen molar-refractivity contribution in [2.75, 3.05) is 6.16 Å². The van der Waals surface area contributed by atoms with Crippen LogP contribution in [0.4, 0.5) is 0 Å². The van der Waals surface area contributed by atoms with Gasteiger partial charge in [0.1, 0.15) is 0 Å². The van der Waals surface area contributed by atoms with Gasteiger partial charge in [0.05, 0.1) is 0 Å². The summed E-state index contributed by atoms with van der Waals surface area (Å²) in [6.07, 6.45) is 2.63. The maximum atomic E-state index is 4.13. The van der Waals surface area contributed by atoms with Gasteiger partial charge in [0.2, 0.25) is 0 Å². The van der Waals surface area contributed by atoms with Crippen LogP contribution in [0.2, 0.25) is 0 Å². The number of rotatable bonds is 6. The Morgan fingerprint density at radius 2 is 1.04 bits per heavy atom. The molecular formula is C21H21BrP2. The van der Waals surface area contributed by atoms with Crippen LogP contribution in [-0.4, -0.2) is 6.16 Å². The summed E-state index contributed by atoms with van der Waals surface area (Å²) in [6, 6.07) is 33.0. The second-order valence-corrected chi connectivity index (χ2v) is 18.0. The van der Waals surface area contributed by atoms with E-state index in [1.807, 2.05) is 0 Å². The van der Waals surface area contributed by atoms with Gasteiger partial charge in [-0.2, -0.15) is 0 Å². The van der Waals surface area contributed by atoms with Crippen molar-refractivity contribution in [1.82, 2.24) is 0 Å². The van der Waals surface area contributed by atoms with Crippen molar-refractivity contribution < 1.29 is 0 Å². The molecule has 0 nitrogen and oxygen atoms in total. The van der Waals surface area contributed by atoms with E-state index >= 15 is 0 Å². The standard InChI is InChI=1S/C21H21BrP2/c1-2-18-23(22)24(19-12-6-3-7-13-19,20-14-8-4-9-15-20)21-16-10-5-11-17-21/h2-17,24H,1,18H2. The first kappa shape index (κ1) is 17.6. The maximum absolute atomic E-state index is 4.13. The van der Waals surface area contributed by atoms with Gasteiger partial charge in [0.25, 0.3) is 0 Å². The summed E-state index contributed by atoms with van der Waals surface area (Å²) in [6.45, 7) is 1.87. The fourth-order valence-electron chi connectivity index (χ4n) is 3.21. The van der Waals surface area contributed by atoms with E-state index in [1.54, 1.807) is 0 Å². The minimum atomic E-state index is -2.14. The van der Waals surface area contributed by atoms with Gasteiger partial charge in [-0.1, -0.05) is 0 Å². The van der Waals surface area contributed by atoms with E-state index in [9.17, 15) is 0 Å². The molecule has 3 heteroatoms. The molecule has 3 aromatic carbocycles. The van der Waals surface area contributed by atoms with Crippen LogP contribution in [-0.2, 0) is 0 Å². The molecule has 0 N–H and O–H groups in total. The first-order valence-corrected chi connectivity index (χ1v) is 14.4. The summed E-state index contributed by atoms with van der Waals surface area (Å²) in [4.78, 5) is 0. The Labute approximate surface area is 154 Å². The molecule has 0 aliphatic carbocycles. The fourth-order valence-corrected chi connectivity index (χ4v) is 18.8. The zero-order valence-corrected chi connectivity index (χ0v) is 17.0. The first-order chi connectivity index (χ1) is 11.8. The summed E-state index contributed by atoms with van der Waals surface area (Å²) in [7, 11) is 0. The van der Waals surface area contributed by atoms with Crippen molar-refractivity contribution >= 4 is 44.7 Å². The van der Waals surface area contributed by atoms with E-state index in [0.29, 0.717) is 0 Å². The van der Waals surface area contributed by atoms with E-state index < -0.39 is 13.3 Å². The van der Waals surface area contributed by atoms with Crippen LogP contribution >= 0.6 is 28.8 Å². The molecule has 1 unspecified atom stereocenters. The van der Waals surface area contributed by atoms with Crippen molar-refractivity contribution in [3.8, 4) is 0 Å². The molecule has 3 rings (SSSR count). The second-order valence-electron chi connectivity index (χ2n) is 5.64. The number of halogens is 1. The van der Waals surface area contributed by atoms with Gasteiger partial charge in [-0.3, -0.25) is 0 Å². The third kappa shape index (κ3) is 3.27. The zero-order chi connectivity index (χ0) is 16.8. The molecule has 3 aromatic rings. The van der Waals surface area contributed by atoms with Crippen LogP contribution in [0.25, 0.3) is 0 Å². The molecule has 122 valence electrons. The van der Waals surface area contributed by atoms with Crippen LogP contribution in [0.3, 0.4) is 0 Å². The monoisotopic (exact) mass is 414 g/mol. The normalized spacial score (nSPS) is 13.2. The summed E-state index contributed by atoms with van der Waals surface area (Å²) < 4.78 is 0. The Kier molecular flexibility index (Phi) is 6.01. The molecule has 0 saturated carbocycles. The topological polar surface area (TPSA) is 0 Å². The van der Waals surface area contributed by atoms with Crippen LogP contribution in [0.1, 0.15) is 0 Å². The molecule has 0 fully saturated rings. The number of hydrogen-bond acceptors (Lipinski definition) is 0. The van der Waals surface area contributed by atoms with E-state index in [0.717, 1.165) is 6.16 Å². The molecule has 0 spiro atoms. The number of hydrogen-bond donors (Lipinski definition) is 0. The van der Waals surface area contributed by atoms with Crippen LogP contribution < -0.4 is 15.9 Å². The van der Waals surface area contributed by atoms with E-state index in [2.05, 4.69) is 119 Å². The Morgan fingerprint density at radius 1 is 0.708 bits per heavy atom. The average Bonchev–Trinajstić information content (AvgIpc) is 2.65. The van der Waals surface area contributed by atoms with Crippen molar-refractivity contribution in [3.63, 3.8) is 0 Å². The molecule has 0 amide bonds. The molecule has 0 saturated heterocycles. The van der Waals surface area contributed by atoms with Crippen molar-refractivity contribution in [3.05, 3.63) is 104 Å². The summed E-state index contributed by atoms with van der Waals surface area (Å²) in [5.74, 6) is 0. The van der Waals surface area contributed by atoms with Gasteiger partial charge < -0.3 is 0 Å². The van der Waals surface area contributed by atoms with Gasteiger partial charge in [-0.25, -0.2) is 0 Å². The molecule has 24 heavy (non-hydrogen) atoms. The van der Waals surface area contributed by atoms with Gasteiger partial charge in [-0.15, -0.1) is 0 Å². The van der Waals surface area contributed by atoms with Gasteiger partial charge >= 0.3 is 154 Å². The Balaban J connectivity index is 2.35. The molecule has 0 aromatic heterocycles.